The van der Waals surface area contributed by atoms with Crippen molar-refractivity contribution in [3.8, 4) is 22.8 Å². The zero-order valence-corrected chi connectivity index (χ0v) is 24.0. The maximum Gasteiger partial charge on any atom is 0.186 e. The molecule has 6 rings (SSSR count). The van der Waals surface area contributed by atoms with Gasteiger partial charge in [0, 0.05) is 47.6 Å². The van der Waals surface area contributed by atoms with E-state index in [0.29, 0.717) is 24.7 Å². The fourth-order valence-electron chi connectivity index (χ4n) is 5.15. The first-order valence-electron chi connectivity index (χ1n) is 14.1. The molecular weight excluding hydrogens is 544 g/mol. The maximum atomic E-state index is 11.0. The largest absolute Gasteiger partial charge is 0.550 e. The van der Waals surface area contributed by atoms with Crippen molar-refractivity contribution < 1.29 is 19.4 Å². The third kappa shape index (κ3) is 6.81. The number of carboxylic acids is 1. The van der Waals surface area contributed by atoms with Gasteiger partial charge < -0.3 is 24.3 Å². The molecule has 0 radical (unpaired) electrons. The molecule has 2 heterocycles. The van der Waals surface area contributed by atoms with Crippen molar-refractivity contribution in [2.24, 2.45) is 0 Å². The Labute approximate surface area is 249 Å². The van der Waals surface area contributed by atoms with E-state index in [1.54, 1.807) is 11.3 Å². The van der Waals surface area contributed by atoms with Crippen LogP contribution in [0.4, 0.5) is 5.13 Å². The Hall–Kier alpha value is -4.62. The second-order valence-electron chi connectivity index (χ2n) is 10.4. The number of hydrogen-bond donors (Lipinski definition) is 0. The van der Waals surface area contributed by atoms with Gasteiger partial charge in [-0.25, -0.2) is 4.98 Å². The highest BCUT2D eigenvalue weighted by Gasteiger charge is 2.24. The Morgan fingerprint density at radius 3 is 2.43 bits per heavy atom. The van der Waals surface area contributed by atoms with Gasteiger partial charge >= 0.3 is 0 Å². The number of aromatic nitrogens is 1. The quantitative estimate of drug-likeness (QED) is 0.175. The fraction of sp³-hybridized carbons (Fsp3) is 0.200. The molecule has 6 nitrogen and oxygen atoms in total. The number of carbonyl (C=O) groups is 1. The van der Waals surface area contributed by atoms with Gasteiger partial charge in [-0.15, -0.1) is 11.3 Å². The average molecular weight is 576 g/mol. The summed E-state index contributed by atoms with van der Waals surface area (Å²) in [6, 6.07) is 34.9. The van der Waals surface area contributed by atoms with E-state index in [4.69, 9.17) is 14.5 Å². The molecule has 1 atom stereocenters. The van der Waals surface area contributed by atoms with E-state index in [0.717, 1.165) is 47.0 Å². The van der Waals surface area contributed by atoms with E-state index in [1.165, 1.54) is 11.1 Å². The van der Waals surface area contributed by atoms with E-state index in [9.17, 15) is 9.90 Å². The first-order chi connectivity index (χ1) is 20.6. The molecule has 0 bridgehead atoms. The van der Waals surface area contributed by atoms with E-state index < -0.39 is 5.97 Å². The number of carbonyl (C=O) groups excluding carboxylic acids is 1. The van der Waals surface area contributed by atoms with Crippen LogP contribution in [0.3, 0.4) is 0 Å². The molecule has 0 saturated carbocycles. The van der Waals surface area contributed by atoms with Gasteiger partial charge in [-0.3, -0.25) is 0 Å². The number of benzene rings is 4. The summed E-state index contributed by atoms with van der Waals surface area (Å²) in [6.07, 6.45) is 0.894. The molecule has 0 fully saturated rings. The zero-order valence-electron chi connectivity index (χ0n) is 23.1. The summed E-state index contributed by atoms with van der Waals surface area (Å²) >= 11 is 1.68. The Balaban J connectivity index is 1.11. The van der Waals surface area contributed by atoms with E-state index in [1.807, 2.05) is 42.5 Å². The zero-order chi connectivity index (χ0) is 28.7. The number of thiazole rings is 1. The molecule has 0 saturated heterocycles. The minimum absolute atomic E-state index is 0.0417. The number of ether oxygens (including phenoxy) is 2. The van der Waals surface area contributed by atoms with Crippen LogP contribution < -0.4 is 19.5 Å². The lowest BCUT2D eigenvalue weighted by Crippen LogP contribution is -2.25. The Kier molecular flexibility index (Phi) is 8.47. The van der Waals surface area contributed by atoms with Crippen molar-refractivity contribution in [2.75, 3.05) is 18.1 Å². The predicted octanol–water partition coefficient (Wildman–Crippen LogP) is 6.25. The van der Waals surface area contributed by atoms with Gasteiger partial charge in [0.1, 0.15) is 18.1 Å². The summed E-state index contributed by atoms with van der Waals surface area (Å²) in [7, 11) is 0. The average Bonchev–Trinajstić information content (AvgIpc) is 3.67. The van der Waals surface area contributed by atoms with Gasteiger partial charge in [0.15, 0.2) is 5.13 Å². The summed E-state index contributed by atoms with van der Waals surface area (Å²) in [4.78, 5) is 18.3. The summed E-state index contributed by atoms with van der Waals surface area (Å²) in [5.41, 5.74) is 6.59. The van der Waals surface area contributed by atoms with Crippen molar-refractivity contribution in [1.29, 1.82) is 0 Å². The van der Waals surface area contributed by atoms with Crippen LogP contribution in [-0.4, -0.2) is 24.1 Å². The monoisotopic (exact) mass is 575 g/mol. The molecule has 1 aliphatic rings. The minimum Gasteiger partial charge on any atom is -0.550 e. The number of anilines is 1. The number of rotatable bonds is 12. The van der Waals surface area contributed by atoms with Crippen LogP contribution >= 0.6 is 11.3 Å². The molecule has 4 aromatic carbocycles. The van der Waals surface area contributed by atoms with Gasteiger partial charge in [0.05, 0.1) is 12.3 Å². The summed E-state index contributed by atoms with van der Waals surface area (Å²) < 4.78 is 11.7. The van der Waals surface area contributed by atoms with Crippen molar-refractivity contribution >= 4 is 22.4 Å². The fourth-order valence-corrected chi connectivity index (χ4v) is 6.01. The SMILES string of the molecule is O=C([O-])CC1COc2cc(OCc3ccc(CN(CCc4ccccc4)c4nc(-c5ccccc5)cs4)cc3)ccc21. The van der Waals surface area contributed by atoms with Crippen molar-refractivity contribution in [3.05, 3.63) is 131 Å². The van der Waals surface area contributed by atoms with Crippen LogP contribution in [0, 0.1) is 0 Å². The van der Waals surface area contributed by atoms with E-state index in [2.05, 4.69) is 70.9 Å². The van der Waals surface area contributed by atoms with Crippen molar-refractivity contribution in [2.45, 2.75) is 31.9 Å². The van der Waals surface area contributed by atoms with Crippen molar-refractivity contribution in [3.63, 3.8) is 0 Å². The van der Waals surface area contributed by atoms with Crippen LogP contribution in [0.1, 0.15) is 34.6 Å². The second kappa shape index (κ2) is 12.9. The second-order valence-corrected chi connectivity index (χ2v) is 11.3. The first-order valence-corrected chi connectivity index (χ1v) is 15.0. The number of carboxylic acid groups (broad SMARTS) is 1. The number of nitrogens with zero attached hydrogens (tertiary/aromatic N) is 2. The van der Waals surface area contributed by atoms with Crippen LogP contribution in [-0.2, 0) is 24.4 Å². The lowest BCUT2D eigenvalue weighted by Gasteiger charge is -2.22. The third-order valence-corrected chi connectivity index (χ3v) is 8.33. The molecule has 42 heavy (non-hydrogen) atoms. The molecule has 5 aromatic rings. The number of hydrogen-bond acceptors (Lipinski definition) is 7. The molecule has 7 heteroatoms. The third-order valence-electron chi connectivity index (χ3n) is 7.43. The lowest BCUT2D eigenvalue weighted by atomic mass is 9.98. The smallest absolute Gasteiger partial charge is 0.186 e. The normalized spacial score (nSPS) is 13.8. The van der Waals surface area contributed by atoms with E-state index in [-0.39, 0.29) is 12.3 Å². The van der Waals surface area contributed by atoms with Crippen LogP contribution in [0.25, 0.3) is 11.3 Å². The molecular formula is C35H31N2O4S-. The molecule has 1 aromatic heterocycles. The molecule has 0 spiro atoms. The van der Waals surface area contributed by atoms with Gasteiger partial charge in [-0.2, -0.15) is 0 Å². The predicted molar refractivity (Wildman–Crippen MR) is 164 cm³/mol. The Bertz CT molecular complexity index is 1620. The molecule has 0 aliphatic carbocycles. The Morgan fingerprint density at radius 2 is 1.67 bits per heavy atom. The minimum atomic E-state index is -1.07. The molecule has 0 N–H and O–H groups in total. The number of fused-ring (bicyclic) bond motifs is 1. The highest BCUT2D eigenvalue weighted by Crippen LogP contribution is 2.38. The summed E-state index contributed by atoms with van der Waals surface area (Å²) in [6.45, 7) is 2.39. The lowest BCUT2D eigenvalue weighted by molar-refractivity contribution is -0.306. The molecule has 212 valence electrons. The van der Waals surface area contributed by atoms with Crippen LogP contribution in [0.2, 0.25) is 0 Å². The van der Waals surface area contributed by atoms with Gasteiger partial charge in [0.25, 0.3) is 0 Å². The van der Waals surface area contributed by atoms with Gasteiger partial charge in [0.2, 0.25) is 0 Å². The first kappa shape index (κ1) is 27.5. The number of aliphatic carboxylic acids is 1. The highest BCUT2D eigenvalue weighted by atomic mass is 32.1. The van der Waals surface area contributed by atoms with Crippen molar-refractivity contribution in [1.82, 2.24) is 4.98 Å². The van der Waals surface area contributed by atoms with Crippen LogP contribution in [0.5, 0.6) is 11.5 Å². The molecule has 1 unspecified atom stereocenters. The Morgan fingerprint density at radius 1 is 0.929 bits per heavy atom. The summed E-state index contributed by atoms with van der Waals surface area (Å²) in [5.74, 6) is 0.135. The topological polar surface area (TPSA) is 74.7 Å². The van der Waals surface area contributed by atoms with Gasteiger partial charge in [-0.05, 0) is 35.6 Å². The van der Waals surface area contributed by atoms with Crippen LogP contribution in [0.15, 0.2) is 109 Å². The van der Waals surface area contributed by atoms with Gasteiger partial charge in [-0.1, -0.05) is 91.0 Å². The molecule has 1 aliphatic heterocycles. The summed E-state index contributed by atoms with van der Waals surface area (Å²) in [5, 5.41) is 14.1. The van der Waals surface area contributed by atoms with E-state index >= 15 is 0 Å². The molecule has 0 amide bonds. The maximum absolute atomic E-state index is 11.0. The highest BCUT2D eigenvalue weighted by molar-refractivity contribution is 7.14. The standard InChI is InChI=1S/C35H32N2O4S/c38-34(39)19-29-23-41-33-20-30(15-16-31(29)33)40-22-27-13-11-26(12-14-27)21-37(18-17-25-7-3-1-4-8-25)35-36-32(24-42-35)28-9-5-2-6-10-28/h1-16,20,24,29H,17-19,21-23H2,(H,38,39)/p-1.